The Balaban J connectivity index is 1.55. The normalized spacial score (nSPS) is 18.9. The first-order chi connectivity index (χ1) is 11.3. The fraction of sp³-hybridized carbons (Fsp3) is 0.600. The zero-order chi connectivity index (χ0) is 15.6. The summed E-state index contributed by atoms with van der Waals surface area (Å²) in [5.41, 5.74) is 2.37. The van der Waals surface area contributed by atoms with E-state index in [1.165, 1.54) is 5.56 Å². The number of rotatable bonds is 3. The molecule has 0 radical (unpaired) electrons. The predicted octanol–water partition coefficient (Wildman–Crippen LogP) is 0.563. The lowest BCUT2D eigenvalue weighted by Gasteiger charge is -2.33. The largest absolute Gasteiger partial charge is 0.424 e. The van der Waals surface area contributed by atoms with Crippen molar-refractivity contribution in [2.24, 2.45) is 0 Å². The summed E-state index contributed by atoms with van der Waals surface area (Å²) in [6.45, 7) is 7.49. The molecule has 0 bridgehead atoms. The number of aromatic nitrogens is 4. The molecular formula is C15H20N6O2. The van der Waals surface area contributed by atoms with Crippen molar-refractivity contribution in [3.63, 3.8) is 0 Å². The molecule has 2 aromatic rings. The van der Waals surface area contributed by atoms with Crippen LogP contribution in [0.3, 0.4) is 0 Å². The van der Waals surface area contributed by atoms with Gasteiger partial charge in [-0.3, -0.25) is 4.90 Å². The van der Waals surface area contributed by atoms with Gasteiger partial charge in [0.2, 0.25) is 11.8 Å². The van der Waals surface area contributed by atoms with Crippen LogP contribution >= 0.6 is 0 Å². The lowest BCUT2D eigenvalue weighted by molar-refractivity contribution is 0.122. The van der Waals surface area contributed by atoms with Crippen molar-refractivity contribution in [2.75, 3.05) is 37.7 Å². The third-order valence-corrected chi connectivity index (χ3v) is 4.30. The number of fused-ring (bicyclic) bond motifs is 1. The second-order valence-corrected chi connectivity index (χ2v) is 5.90. The highest BCUT2D eigenvalue weighted by Gasteiger charge is 2.25. The van der Waals surface area contributed by atoms with E-state index in [0.29, 0.717) is 18.3 Å². The summed E-state index contributed by atoms with van der Waals surface area (Å²) < 4.78 is 10.9. The number of anilines is 1. The molecule has 0 aliphatic carbocycles. The van der Waals surface area contributed by atoms with Crippen molar-refractivity contribution in [1.29, 1.82) is 0 Å². The SMILES string of the molecule is Cc1nnc(CN2CCc3ncnc(N4CCOCC4)c3C2)o1. The average molecular weight is 316 g/mol. The summed E-state index contributed by atoms with van der Waals surface area (Å²) >= 11 is 0. The summed E-state index contributed by atoms with van der Waals surface area (Å²) in [4.78, 5) is 13.6. The number of hydrogen-bond acceptors (Lipinski definition) is 8. The van der Waals surface area contributed by atoms with Gasteiger partial charge in [0.05, 0.1) is 25.5 Å². The minimum Gasteiger partial charge on any atom is -0.424 e. The Kier molecular flexibility index (Phi) is 3.92. The first-order valence-corrected chi connectivity index (χ1v) is 7.96. The van der Waals surface area contributed by atoms with Crippen LogP contribution in [0.5, 0.6) is 0 Å². The van der Waals surface area contributed by atoms with Gasteiger partial charge in [0, 0.05) is 45.1 Å². The number of hydrogen-bond donors (Lipinski definition) is 0. The third kappa shape index (κ3) is 3.04. The average Bonchev–Trinajstić information content (AvgIpc) is 3.00. The lowest BCUT2D eigenvalue weighted by Crippen LogP contribution is -2.39. The Bertz CT molecular complexity index is 682. The molecule has 0 spiro atoms. The molecule has 1 saturated heterocycles. The number of aryl methyl sites for hydroxylation is 1. The van der Waals surface area contributed by atoms with E-state index >= 15 is 0 Å². The Morgan fingerprint density at radius 2 is 2.00 bits per heavy atom. The highest BCUT2D eigenvalue weighted by atomic mass is 16.5. The van der Waals surface area contributed by atoms with Gasteiger partial charge in [-0.15, -0.1) is 10.2 Å². The Labute approximate surface area is 134 Å². The molecule has 0 unspecified atom stereocenters. The molecule has 8 nitrogen and oxygen atoms in total. The van der Waals surface area contributed by atoms with Crippen molar-refractivity contribution < 1.29 is 9.15 Å². The minimum absolute atomic E-state index is 0.606. The second kappa shape index (κ2) is 6.21. The smallest absolute Gasteiger partial charge is 0.230 e. The van der Waals surface area contributed by atoms with E-state index in [9.17, 15) is 0 Å². The second-order valence-electron chi connectivity index (χ2n) is 5.90. The van der Waals surface area contributed by atoms with Gasteiger partial charge in [0.25, 0.3) is 0 Å². The van der Waals surface area contributed by atoms with Gasteiger partial charge in [-0.25, -0.2) is 9.97 Å². The molecule has 0 saturated carbocycles. The first-order valence-electron chi connectivity index (χ1n) is 7.96. The van der Waals surface area contributed by atoms with Crippen LogP contribution in [0.25, 0.3) is 0 Å². The van der Waals surface area contributed by atoms with Crippen molar-refractivity contribution in [1.82, 2.24) is 25.1 Å². The molecule has 0 N–H and O–H groups in total. The van der Waals surface area contributed by atoms with Crippen LogP contribution in [0, 0.1) is 6.92 Å². The van der Waals surface area contributed by atoms with E-state index in [1.807, 2.05) is 6.92 Å². The fourth-order valence-electron chi connectivity index (χ4n) is 3.16. The summed E-state index contributed by atoms with van der Waals surface area (Å²) in [6, 6.07) is 0. The minimum atomic E-state index is 0.606. The van der Waals surface area contributed by atoms with Crippen molar-refractivity contribution in [3.05, 3.63) is 29.4 Å². The van der Waals surface area contributed by atoms with Crippen molar-refractivity contribution in [2.45, 2.75) is 26.4 Å². The molecule has 0 aromatic carbocycles. The lowest BCUT2D eigenvalue weighted by atomic mass is 10.1. The van der Waals surface area contributed by atoms with Gasteiger partial charge < -0.3 is 14.1 Å². The van der Waals surface area contributed by atoms with E-state index in [-0.39, 0.29) is 0 Å². The van der Waals surface area contributed by atoms with E-state index in [2.05, 4.69) is 30.0 Å². The van der Waals surface area contributed by atoms with E-state index in [4.69, 9.17) is 9.15 Å². The zero-order valence-electron chi connectivity index (χ0n) is 13.2. The third-order valence-electron chi connectivity index (χ3n) is 4.30. The summed E-state index contributed by atoms with van der Waals surface area (Å²) in [5.74, 6) is 2.31. The molecule has 23 heavy (non-hydrogen) atoms. The Morgan fingerprint density at radius 1 is 1.13 bits per heavy atom. The van der Waals surface area contributed by atoms with Gasteiger partial charge in [-0.1, -0.05) is 0 Å². The maximum Gasteiger partial charge on any atom is 0.230 e. The van der Waals surface area contributed by atoms with Crippen LogP contribution in [0.4, 0.5) is 5.82 Å². The fourth-order valence-corrected chi connectivity index (χ4v) is 3.16. The quantitative estimate of drug-likeness (QED) is 0.813. The Morgan fingerprint density at radius 3 is 2.78 bits per heavy atom. The van der Waals surface area contributed by atoms with Crippen LogP contribution in [0.2, 0.25) is 0 Å². The maximum absolute atomic E-state index is 5.50. The van der Waals surface area contributed by atoms with Gasteiger partial charge in [-0.2, -0.15) is 0 Å². The molecule has 8 heteroatoms. The van der Waals surface area contributed by atoms with Crippen LogP contribution < -0.4 is 4.90 Å². The molecule has 2 aliphatic rings. The van der Waals surface area contributed by atoms with Crippen molar-refractivity contribution in [3.8, 4) is 0 Å². The first kappa shape index (κ1) is 14.5. The number of nitrogens with zero attached hydrogens (tertiary/aromatic N) is 6. The molecule has 1 fully saturated rings. The van der Waals surface area contributed by atoms with Crippen LogP contribution in [-0.2, 0) is 24.2 Å². The van der Waals surface area contributed by atoms with Crippen molar-refractivity contribution >= 4 is 5.82 Å². The summed E-state index contributed by atoms with van der Waals surface area (Å²) in [5, 5.41) is 7.99. The van der Waals surface area contributed by atoms with Gasteiger partial charge in [0.15, 0.2) is 0 Å². The summed E-state index contributed by atoms with van der Waals surface area (Å²) in [6.07, 6.45) is 2.60. The van der Waals surface area contributed by atoms with E-state index < -0.39 is 0 Å². The predicted molar refractivity (Wildman–Crippen MR) is 81.9 cm³/mol. The molecule has 2 aliphatic heterocycles. The number of ether oxygens (including phenoxy) is 1. The zero-order valence-corrected chi connectivity index (χ0v) is 13.2. The van der Waals surface area contributed by atoms with E-state index in [0.717, 1.165) is 57.3 Å². The molecule has 122 valence electrons. The molecule has 0 atom stereocenters. The topological polar surface area (TPSA) is 80.4 Å². The number of morpholine rings is 1. The van der Waals surface area contributed by atoms with Crippen LogP contribution in [0.1, 0.15) is 23.0 Å². The Hall–Kier alpha value is -2.06. The van der Waals surface area contributed by atoms with Gasteiger partial charge in [-0.05, 0) is 0 Å². The molecule has 0 amide bonds. The molecule has 4 heterocycles. The highest BCUT2D eigenvalue weighted by Crippen LogP contribution is 2.27. The standard InChI is InChI=1S/C15H20N6O2/c1-11-18-19-14(23-11)9-20-3-2-13-12(8-20)15(17-10-16-13)21-4-6-22-7-5-21/h10H,2-9H2,1H3. The van der Waals surface area contributed by atoms with Crippen LogP contribution in [-0.4, -0.2) is 57.9 Å². The van der Waals surface area contributed by atoms with Crippen LogP contribution in [0.15, 0.2) is 10.7 Å². The maximum atomic E-state index is 5.50. The molecule has 4 rings (SSSR count). The monoisotopic (exact) mass is 316 g/mol. The van der Waals surface area contributed by atoms with E-state index in [1.54, 1.807) is 6.33 Å². The van der Waals surface area contributed by atoms with Gasteiger partial charge >= 0.3 is 0 Å². The summed E-state index contributed by atoms with van der Waals surface area (Å²) in [7, 11) is 0. The van der Waals surface area contributed by atoms with Gasteiger partial charge in [0.1, 0.15) is 12.1 Å². The molecular weight excluding hydrogens is 296 g/mol. The molecule has 2 aromatic heterocycles. The highest BCUT2D eigenvalue weighted by molar-refractivity contribution is 5.49.